The number of allylic oxidation sites excluding steroid dienone is 1. The van der Waals surface area contributed by atoms with Crippen molar-refractivity contribution in [3.63, 3.8) is 0 Å². The number of aromatic carboxylic acids is 1. The summed E-state index contributed by atoms with van der Waals surface area (Å²) < 4.78 is 7.35. The molecule has 1 N–H and O–H groups in total. The minimum Gasteiger partial charge on any atom is -0.486 e. The van der Waals surface area contributed by atoms with Crippen molar-refractivity contribution in [2.75, 3.05) is 0 Å². The number of carbonyl (C=O) groups is 1. The largest absolute Gasteiger partial charge is 0.486 e. The molecule has 7 heteroatoms. The summed E-state index contributed by atoms with van der Waals surface area (Å²) in [6.07, 6.45) is 1.73. The van der Waals surface area contributed by atoms with Crippen molar-refractivity contribution in [1.82, 2.24) is 0 Å². The van der Waals surface area contributed by atoms with Gasteiger partial charge in [-0.2, -0.15) is 5.26 Å². The molecule has 0 spiro atoms. The number of rotatable bonds is 6. The minimum atomic E-state index is -1.01. The van der Waals surface area contributed by atoms with Crippen LogP contribution in [0.1, 0.15) is 27.0 Å². The standard InChI is InChI=1S/C23H14Br2ClNO3/c24-19-10-14(9-18(12-27)15-5-7-16(8-6-15)23(28)29)11-20(25)22(19)30-13-17-3-1-2-4-21(17)26/h1-11H,13H2,(H,28,29)/b18-9-. The first-order valence-electron chi connectivity index (χ1n) is 8.70. The molecule has 0 amide bonds. The summed E-state index contributed by atoms with van der Waals surface area (Å²) in [6, 6.07) is 19.5. The highest BCUT2D eigenvalue weighted by molar-refractivity contribution is 9.11. The van der Waals surface area contributed by atoms with Crippen LogP contribution < -0.4 is 4.74 Å². The molecular formula is C23H14Br2ClNO3. The van der Waals surface area contributed by atoms with E-state index in [9.17, 15) is 10.1 Å². The second-order valence-electron chi connectivity index (χ2n) is 6.25. The van der Waals surface area contributed by atoms with E-state index in [0.29, 0.717) is 37.5 Å². The maximum absolute atomic E-state index is 11.0. The molecule has 0 aliphatic carbocycles. The van der Waals surface area contributed by atoms with Gasteiger partial charge in [0.2, 0.25) is 0 Å². The quantitative estimate of drug-likeness (QED) is 0.262. The van der Waals surface area contributed by atoms with Gasteiger partial charge in [0.05, 0.1) is 26.2 Å². The van der Waals surface area contributed by atoms with Crippen LogP contribution in [-0.2, 0) is 6.61 Å². The molecule has 0 bridgehead atoms. The average Bonchev–Trinajstić information content (AvgIpc) is 2.72. The van der Waals surface area contributed by atoms with Gasteiger partial charge in [0.25, 0.3) is 0 Å². The predicted molar refractivity (Wildman–Crippen MR) is 125 cm³/mol. The predicted octanol–water partition coefficient (Wildman–Crippen LogP) is 7.21. The number of halogens is 3. The highest BCUT2D eigenvalue weighted by Gasteiger charge is 2.11. The zero-order valence-corrected chi connectivity index (χ0v) is 19.3. The third-order valence-corrected chi connectivity index (χ3v) is 5.77. The van der Waals surface area contributed by atoms with Gasteiger partial charge in [-0.1, -0.05) is 41.9 Å². The fourth-order valence-corrected chi connectivity index (χ4v) is 4.35. The van der Waals surface area contributed by atoms with Gasteiger partial charge in [-0.05, 0) is 79.4 Å². The highest BCUT2D eigenvalue weighted by Crippen LogP contribution is 2.36. The van der Waals surface area contributed by atoms with Crippen LogP contribution in [0.15, 0.2) is 69.6 Å². The van der Waals surface area contributed by atoms with Crippen molar-refractivity contribution in [1.29, 1.82) is 5.26 Å². The second-order valence-corrected chi connectivity index (χ2v) is 8.36. The van der Waals surface area contributed by atoms with Crippen LogP contribution >= 0.6 is 43.5 Å². The van der Waals surface area contributed by atoms with Crippen LogP contribution in [0.2, 0.25) is 5.02 Å². The molecule has 0 heterocycles. The topological polar surface area (TPSA) is 70.3 Å². The Balaban J connectivity index is 1.85. The highest BCUT2D eigenvalue weighted by atomic mass is 79.9. The summed E-state index contributed by atoms with van der Waals surface area (Å²) in [5, 5.41) is 19.2. The fraction of sp³-hybridized carbons (Fsp3) is 0.0435. The molecule has 3 aromatic carbocycles. The minimum absolute atomic E-state index is 0.168. The van der Waals surface area contributed by atoms with Crippen LogP contribution in [0.25, 0.3) is 11.6 Å². The van der Waals surface area contributed by atoms with Gasteiger partial charge in [0, 0.05) is 10.6 Å². The van der Waals surface area contributed by atoms with Gasteiger partial charge in [-0.25, -0.2) is 4.79 Å². The van der Waals surface area contributed by atoms with E-state index >= 15 is 0 Å². The summed E-state index contributed by atoms with van der Waals surface area (Å²) in [5.41, 5.74) is 2.86. The lowest BCUT2D eigenvalue weighted by atomic mass is 10.0. The first-order valence-corrected chi connectivity index (χ1v) is 10.7. The number of carboxylic acids is 1. The molecule has 30 heavy (non-hydrogen) atoms. The van der Waals surface area contributed by atoms with Crippen LogP contribution in [-0.4, -0.2) is 11.1 Å². The fourth-order valence-electron chi connectivity index (χ4n) is 2.71. The molecule has 0 saturated heterocycles. The van der Waals surface area contributed by atoms with Gasteiger partial charge in [-0.3, -0.25) is 0 Å². The molecule has 0 aromatic heterocycles. The zero-order valence-electron chi connectivity index (χ0n) is 15.4. The van der Waals surface area contributed by atoms with Crippen LogP contribution in [0.4, 0.5) is 0 Å². The molecular weight excluding hydrogens is 534 g/mol. The molecule has 150 valence electrons. The SMILES string of the molecule is N#C/C(=C/c1cc(Br)c(OCc2ccccc2Cl)c(Br)c1)c1ccc(C(=O)O)cc1. The molecule has 0 aliphatic rings. The average molecular weight is 548 g/mol. The normalized spacial score (nSPS) is 11.1. The summed E-state index contributed by atoms with van der Waals surface area (Å²) in [7, 11) is 0. The van der Waals surface area contributed by atoms with E-state index in [-0.39, 0.29) is 5.56 Å². The summed E-state index contributed by atoms with van der Waals surface area (Å²) >= 11 is 13.2. The maximum atomic E-state index is 11.0. The molecule has 0 radical (unpaired) electrons. The molecule has 3 aromatic rings. The Bertz CT molecular complexity index is 1140. The van der Waals surface area contributed by atoms with Gasteiger partial charge >= 0.3 is 5.97 Å². The van der Waals surface area contributed by atoms with E-state index in [0.717, 1.165) is 11.1 Å². The number of nitriles is 1. The van der Waals surface area contributed by atoms with E-state index < -0.39 is 5.97 Å². The number of hydrogen-bond acceptors (Lipinski definition) is 3. The molecule has 3 rings (SSSR count). The van der Waals surface area contributed by atoms with E-state index in [4.69, 9.17) is 21.4 Å². The summed E-state index contributed by atoms with van der Waals surface area (Å²) in [5.74, 6) is -0.388. The van der Waals surface area contributed by atoms with Gasteiger partial charge < -0.3 is 9.84 Å². The maximum Gasteiger partial charge on any atom is 0.335 e. The Morgan fingerprint density at radius 3 is 2.23 bits per heavy atom. The van der Waals surface area contributed by atoms with Crippen LogP contribution in [0.3, 0.4) is 0 Å². The molecule has 0 aliphatic heterocycles. The molecule has 0 saturated carbocycles. The zero-order chi connectivity index (χ0) is 21.7. The third kappa shape index (κ3) is 5.31. The molecule has 0 atom stereocenters. The Morgan fingerprint density at radius 1 is 1.07 bits per heavy atom. The van der Waals surface area contributed by atoms with Crippen molar-refractivity contribution >= 4 is 61.1 Å². The van der Waals surface area contributed by atoms with Crippen molar-refractivity contribution in [3.05, 3.63) is 96.9 Å². The van der Waals surface area contributed by atoms with E-state index in [2.05, 4.69) is 37.9 Å². The lowest BCUT2D eigenvalue weighted by Gasteiger charge is -2.12. The summed E-state index contributed by atoms with van der Waals surface area (Å²) in [4.78, 5) is 11.0. The lowest BCUT2D eigenvalue weighted by molar-refractivity contribution is 0.0697. The van der Waals surface area contributed by atoms with Gasteiger partial charge in [0.15, 0.2) is 0 Å². The number of benzene rings is 3. The first-order chi connectivity index (χ1) is 14.4. The van der Waals surface area contributed by atoms with Gasteiger partial charge in [0.1, 0.15) is 12.4 Å². The third-order valence-electron chi connectivity index (χ3n) is 4.22. The number of carboxylic acid groups (broad SMARTS) is 1. The van der Waals surface area contributed by atoms with Crippen molar-refractivity contribution in [2.45, 2.75) is 6.61 Å². The monoisotopic (exact) mass is 545 g/mol. The van der Waals surface area contributed by atoms with Gasteiger partial charge in [-0.15, -0.1) is 0 Å². The number of hydrogen-bond donors (Lipinski definition) is 1. The Labute approximate surface area is 195 Å². The van der Waals surface area contributed by atoms with E-state index in [1.165, 1.54) is 12.1 Å². The summed E-state index contributed by atoms with van der Waals surface area (Å²) in [6.45, 7) is 0.311. The first kappa shape index (κ1) is 22.1. The molecule has 0 fully saturated rings. The van der Waals surface area contributed by atoms with E-state index in [1.807, 2.05) is 36.4 Å². The Kier molecular flexibility index (Phi) is 7.33. The second kappa shape index (κ2) is 9.94. The Morgan fingerprint density at radius 2 is 1.67 bits per heavy atom. The lowest BCUT2D eigenvalue weighted by Crippen LogP contribution is -1.98. The van der Waals surface area contributed by atoms with Crippen LogP contribution in [0, 0.1) is 11.3 Å². The molecule has 0 unspecified atom stereocenters. The number of nitrogens with zero attached hydrogens (tertiary/aromatic N) is 1. The van der Waals surface area contributed by atoms with Crippen LogP contribution in [0.5, 0.6) is 5.75 Å². The van der Waals surface area contributed by atoms with Crippen molar-refractivity contribution < 1.29 is 14.6 Å². The molecule has 4 nitrogen and oxygen atoms in total. The number of ether oxygens (including phenoxy) is 1. The smallest absolute Gasteiger partial charge is 0.335 e. The van der Waals surface area contributed by atoms with E-state index in [1.54, 1.807) is 18.2 Å². The van der Waals surface area contributed by atoms with Crippen molar-refractivity contribution in [2.24, 2.45) is 0 Å². The Hall–Kier alpha value is -2.59. The van der Waals surface area contributed by atoms with Crippen molar-refractivity contribution in [3.8, 4) is 11.8 Å².